The molecule has 24 heavy (non-hydrogen) atoms. The number of benzene rings is 2. The van der Waals surface area contributed by atoms with Crippen molar-refractivity contribution in [2.24, 2.45) is 0 Å². The molecule has 1 fully saturated rings. The molecule has 1 aliphatic rings. The van der Waals surface area contributed by atoms with Crippen LogP contribution in [0.1, 0.15) is 24.0 Å². The van der Waals surface area contributed by atoms with Crippen molar-refractivity contribution >= 4 is 17.5 Å². The first-order valence-electron chi connectivity index (χ1n) is 7.97. The number of halogens is 2. The van der Waals surface area contributed by atoms with E-state index in [1.165, 1.54) is 6.07 Å². The monoisotopic (exact) mass is 347 g/mol. The summed E-state index contributed by atoms with van der Waals surface area (Å²) in [5.41, 5.74) is 0.735. The SMILES string of the molecule is O=C(NCc1ccccc1F)C1(c2ccc(Cl)cc2)CCOCC1. The van der Waals surface area contributed by atoms with Crippen LogP contribution >= 0.6 is 11.6 Å². The summed E-state index contributed by atoms with van der Waals surface area (Å²) in [7, 11) is 0. The molecule has 1 aliphatic heterocycles. The van der Waals surface area contributed by atoms with Crippen LogP contribution < -0.4 is 5.32 Å². The quantitative estimate of drug-likeness (QED) is 0.912. The lowest BCUT2D eigenvalue weighted by Crippen LogP contribution is -2.47. The van der Waals surface area contributed by atoms with Gasteiger partial charge in [0, 0.05) is 30.3 Å². The van der Waals surface area contributed by atoms with Gasteiger partial charge in [-0.1, -0.05) is 41.9 Å². The predicted molar refractivity (Wildman–Crippen MR) is 91.4 cm³/mol. The molecule has 0 aliphatic carbocycles. The molecule has 0 saturated carbocycles. The second kappa shape index (κ2) is 7.32. The minimum absolute atomic E-state index is 0.101. The highest BCUT2D eigenvalue weighted by molar-refractivity contribution is 6.30. The first-order valence-corrected chi connectivity index (χ1v) is 8.35. The van der Waals surface area contributed by atoms with E-state index in [1.807, 2.05) is 12.1 Å². The van der Waals surface area contributed by atoms with E-state index < -0.39 is 5.41 Å². The maximum atomic E-state index is 13.8. The number of carbonyl (C=O) groups is 1. The molecule has 0 radical (unpaired) electrons. The summed E-state index contributed by atoms with van der Waals surface area (Å²) in [6.07, 6.45) is 1.19. The molecule has 0 unspecified atom stereocenters. The number of nitrogens with one attached hydrogen (secondary N) is 1. The third-order valence-corrected chi connectivity index (χ3v) is 4.83. The molecule has 1 N–H and O–H groups in total. The van der Waals surface area contributed by atoms with Crippen LogP contribution in [0.4, 0.5) is 4.39 Å². The lowest BCUT2D eigenvalue weighted by Gasteiger charge is -2.36. The van der Waals surface area contributed by atoms with Gasteiger partial charge in [0.2, 0.25) is 5.91 Å². The topological polar surface area (TPSA) is 38.3 Å². The molecule has 1 amide bonds. The van der Waals surface area contributed by atoms with E-state index in [2.05, 4.69) is 5.32 Å². The maximum absolute atomic E-state index is 13.8. The number of carbonyl (C=O) groups excluding carboxylic acids is 1. The number of amides is 1. The Morgan fingerprint density at radius 1 is 1.12 bits per heavy atom. The van der Waals surface area contributed by atoms with Gasteiger partial charge in [-0.2, -0.15) is 0 Å². The van der Waals surface area contributed by atoms with E-state index in [0.717, 1.165) is 5.56 Å². The Bertz CT molecular complexity index is 712. The molecule has 2 aromatic carbocycles. The molecule has 1 saturated heterocycles. The van der Waals surface area contributed by atoms with E-state index in [9.17, 15) is 9.18 Å². The van der Waals surface area contributed by atoms with Crippen LogP contribution in [-0.2, 0) is 21.5 Å². The van der Waals surface area contributed by atoms with E-state index in [4.69, 9.17) is 16.3 Å². The highest BCUT2D eigenvalue weighted by atomic mass is 35.5. The Labute approximate surface area is 145 Å². The van der Waals surface area contributed by atoms with Crippen LogP contribution in [0.25, 0.3) is 0 Å². The number of hydrogen-bond donors (Lipinski definition) is 1. The van der Waals surface area contributed by atoms with Crippen molar-refractivity contribution in [2.45, 2.75) is 24.8 Å². The van der Waals surface area contributed by atoms with Gasteiger partial charge in [0.15, 0.2) is 0 Å². The van der Waals surface area contributed by atoms with Crippen molar-refractivity contribution in [1.29, 1.82) is 0 Å². The van der Waals surface area contributed by atoms with Crippen molar-refractivity contribution in [2.75, 3.05) is 13.2 Å². The molecular formula is C19H19ClFNO2. The van der Waals surface area contributed by atoms with Gasteiger partial charge in [-0.3, -0.25) is 4.79 Å². The molecule has 1 heterocycles. The number of hydrogen-bond acceptors (Lipinski definition) is 2. The van der Waals surface area contributed by atoms with E-state index in [-0.39, 0.29) is 18.3 Å². The van der Waals surface area contributed by atoms with Crippen LogP contribution in [0.15, 0.2) is 48.5 Å². The van der Waals surface area contributed by atoms with Gasteiger partial charge < -0.3 is 10.1 Å². The van der Waals surface area contributed by atoms with Crippen molar-refractivity contribution in [3.8, 4) is 0 Å². The maximum Gasteiger partial charge on any atom is 0.231 e. The van der Waals surface area contributed by atoms with Crippen molar-refractivity contribution in [3.63, 3.8) is 0 Å². The molecule has 0 atom stereocenters. The molecule has 0 bridgehead atoms. The largest absolute Gasteiger partial charge is 0.381 e. The third-order valence-electron chi connectivity index (χ3n) is 4.58. The zero-order valence-corrected chi connectivity index (χ0v) is 14.0. The molecule has 3 nitrogen and oxygen atoms in total. The zero-order chi connectivity index (χ0) is 17.0. The van der Waals surface area contributed by atoms with Crippen molar-refractivity contribution in [3.05, 3.63) is 70.5 Å². The minimum atomic E-state index is -0.659. The first-order chi connectivity index (χ1) is 11.6. The molecule has 0 spiro atoms. The average Bonchev–Trinajstić information content (AvgIpc) is 2.62. The fourth-order valence-electron chi connectivity index (χ4n) is 3.12. The molecular weight excluding hydrogens is 329 g/mol. The summed E-state index contributed by atoms with van der Waals surface area (Å²) in [5, 5.41) is 3.53. The van der Waals surface area contributed by atoms with Gasteiger partial charge in [0.25, 0.3) is 0 Å². The number of ether oxygens (including phenoxy) is 1. The van der Waals surface area contributed by atoms with Crippen LogP contribution in [0.5, 0.6) is 0 Å². The van der Waals surface area contributed by atoms with Crippen LogP contribution in [-0.4, -0.2) is 19.1 Å². The van der Waals surface area contributed by atoms with Gasteiger partial charge in [-0.25, -0.2) is 4.39 Å². The molecule has 5 heteroatoms. The van der Waals surface area contributed by atoms with Gasteiger partial charge in [-0.15, -0.1) is 0 Å². The second-order valence-electron chi connectivity index (χ2n) is 5.98. The lowest BCUT2D eigenvalue weighted by atomic mass is 9.73. The molecule has 126 valence electrons. The van der Waals surface area contributed by atoms with E-state index in [0.29, 0.717) is 36.6 Å². The Morgan fingerprint density at radius 3 is 2.46 bits per heavy atom. The standard InChI is InChI=1S/C19H19ClFNO2/c20-16-7-5-15(6-8-16)19(9-11-24-12-10-19)18(23)22-13-14-3-1-2-4-17(14)21/h1-8H,9-13H2,(H,22,23). The highest BCUT2D eigenvalue weighted by Crippen LogP contribution is 2.35. The molecule has 3 rings (SSSR count). The smallest absolute Gasteiger partial charge is 0.231 e. The summed E-state index contributed by atoms with van der Waals surface area (Å²) < 4.78 is 19.2. The third kappa shape index (κ3) is 3.45. The van der Waals surface area contributed by atoms with Gasteiger partial charge in [0.1, 0.15) is 5.82 Å². The fourth-order valence-corrected chi connectivity index (χ4v) is 3.25. The van der Waals surface area contributed by atoms with Crippen LogP contribution in [0.3, 0.4) is 0 Å². The Hall–Kier alpha value is -1.91. The minimum Gasteiger partial charge on any atom is -0.381 e. The van der Waals surface area contributed by atoms with Crippen LogP contribution in [0.2, 0.25) is 5.02 Å². The summed E-state index contributed by atoms with van der Waals surface area (Å²) in [6.45, 7) is 1.22. The highest BCUT2D eigenvalue weighted by Gasteiger charge is 2.41. The Morgan fingerprint density at radius 2 is 1.79 bits per heavy atom. The summed E-state index contributed by atoms with van der Waals surface area (Å²) in [6, 6.07) is 13.8. The number of rotatable bonds is 4. The zero-order valence-electron chi connectivity index (χ0n) is 13.2. The van der Waals surface area contributed by atoms with Crippen LogP contribution in [0, 0.1) is 5.82 Å². The molecule has 0 aromatic heterocycles. The Balaban J connectivity index is 1.82. The van der Waals surface area contributed by atoms with Gasteiger partial charge in [0.05, 0.1) is 5.41 Å². The summed E-state index contributed by atoms with van der Waals surface area (Å²) in [5.74, 6) is -0.415. The lowest BCUT2D eigenvalue weighted by molar-refractivity contribution is -0.130. The van der Waals surface area contributed by atoms with Gasteiger partial charge in [-0.05, 0) is 36.6 Å². The summed E-state index contributed by atoms with van der Waals surface area (Å²) >= 11 is 5.97. The average molecular weight is 348 g/mol. The normalized spacial score (nSPS) is 16.6. The van der Waals surface area contributed by atoms with Crippen molar-refractivity contribution < 1.29 is 13.9 Å². The first kappa shape index (κ1) is 16.9. The van der Waals surface area contributed by atoms with Gasteiger partial charge >= 0.3 is 0 Å². The Kier molecular flexibility index (Phi) is 5.17. The molecule has 2 aromatic rings. The van der Waals surface area contributed by atoms with E-state index >= 15 is 0 Å². The van der Waals surface area contributed by atoms with E-state index in [1.54, 1.807) is 30.3 Å². The fraction of sp³-hybridized carbons (Fsp3) is 0.316. The predicted octanol–water partition coefficient (Wildman–Crippen LogP) is 3.84. The summed E-state index contributed by atoms with van der Waals surface area (Å²) in [4.78, 5) is 13.0. The second-order valence-corrected chi connectivity index (χ2v) is 6.41. The van der Waals surface area contributed by atoms with Crippen molar-refractivity contribution in [1.82, 2.24) is 5.32 Å².